The topological polar surface area (TPSA) is 26.3 Å². The molecule has 0 fully saturated rings. The Morgan fingerprint density at radius 2 is 1.75 bits per heavy atom. The number of benzene rings is 1. The van der Waals surface area contributed by atoms with Gasteiger partial charge in [0, 0.05) is 13.5 Å². The molecular weight excluding hydrogens is 200 g/mol. The van der Waals surface area contributed by atoms with Gasteiger partial charge in [0.1, 0.15) is 5.60 Å². The molecule has 2 heteroatoms. The third-order valence-electron chi connectivity index (χ3n) is 2.76. The highest BCUT2D eigenvalue weighted by Gasteiger charge is 2.26. The Labute approximate surface area is 95.2 Å². The van der Waals surface area contributed by atoms with Crippen LogP contribution in [0.15, 0.2) is 54.6 Å². The Balaban J connectivity index is 2.21. The van der Waals surface area contributed by atoms with Gasteiger partial charge in [-0.2, -0.15) is 0 Å². The first-order valence-electron chi connectivity index (χ1n) is 5.26. The second kappa shape index (κ2) is 4.45. The van der Waals surface area contributed by atoms with Crippen molar-refractivity contribution in [3.8, 4) is 0 Å². The van der Waals surface area contributed by atoms with Crippen LogP contribution >= 0.6 is 0 Å². The number of allylic oxidation sites excluding steroid dienone is 2. The molecule has 0 radical (unpaired) electrons. The zero-order chi connectivity index (χ0) is 11.4. The van der Waals surface area contributed by atoms with Gasteiger partial charge in [0.05, 0.1) is 0 Å². The summed E-state index contributed by atoms with van der Waals surface area (Å²) in [5.74, 6) is 0.0146. The maximum absolute atomic E-state index is 11.1. The molecular formula is C14H14O2. The molecule has 0 aliphatic heterocycles. The number of carbonyl (C=O) groups excluding carboxylic acids is 1. The van der Waals surface area contributed by atoms with Crippen LogP contribution in [0.4, 0.5) is 0 Å². The lowest BCUT2D eigenvalue weighted by Crippen LogP contribution is -2.31. The van der Waals surface area contributed by atoms with E-state index in [2.05, 4.69) is 12.1 Å². The van der Waals surface area contributed by atoms with Gasteiger partial charge in [-0.25, -0.2) is 0 Å². The van der Waals surface area contributed by atoms with Gasteiger partial charge >= 0.3 is 0 Å². The molecule has 0 spiro atoms. The predicted octanol–water partition coefficient (Wildman–Crippen LogP) is 2.31. The standard InChI is InChI=1S/C14H14O2/c1-16-14(9-7-13(15)8-10-14)11-12-5-3-2-4-6-12/h2-10H,11H2,1H3. The zero-order valence-corrected chi connectivity index (χ0v) is 9.22. The van der Waals surface area contributed by atoms with E-state index in [1.54, 1.807) is 19.3 Å². The van der Waals surface area contributed by atoms with Gasteiger partial charge in [-0.05, 0) is 29.9 Å². The molecule has 0 aromatic heterocycles. The average Bonchev–Trinajstić information content (AvgIpc) is 2.34. The number of hydrogen-bond donors (Lipinski definition) is 0. The number of ether oxygens (including phenoxy) is 1. The van der Waals surface area contributed by atoms with E-state index in [0.29, 0.717) is 0 Å². The first kappa shape index (κ1) is 10.8. The van der Waals surface area contributed by atoms with Crippen molar-refractivity contribution in [2.45, 2.75) is 12.0 Å². The molecule has 0 saturated carbocycles. The lowest BCUT2D eigenvalue weighted by molar-refractivity contribution is -0.110. The average molecular weight is 214 g/mol. The van der Waals surface area contributed by atoms with E-state index in [9.17, 15) is 4.79 Å². The molecule has 0 unspecified atom stereocenters. The predicted molar refractivity (Wildman–Crippen MR) is 63.2 cm³/mol. The van der Waals surface area contributed by atoms with Gasteiger partial charge in [0.25, 0.3) is 0 Å². The molecule has 0 amide bonds. The Morgan fingerprint density at radius 1 is 1.12 bits per heavy atom. The summed E-state index contributed by atoms with van der Waals surface area (Å²) in [7, 11) is 1.66. The van der Waals surface area contributed by atoms with Crippen LogP contribution in [0.2, 0.25) is 0 Å². The van der Waals surface area contributed by atoms with Crippen molar-refractivity contribution in [1.82, 2.24) is 0 Å². The highest BCUT2D eigenvalue weighted by molar-refractivity contribution is 6.00. The lowest BCUT2D eigenvalue weighted by Gasteiger charge is -2.27. The summed E-state index contributed by atoms with van der Waals surface area (Å²) < 4.78 is 5.51. The van der Waals surface area contributed by atoms with E-state index < -0.39 is 5.60 Å². The van der Waals surface area contributed by atoms with E-state index in [1.807, 2.05) is 30.4 Å². The molecule has 2 rings (SSSR count). The van der Waals surface area contributed by atoms with Gasteiger partial charge in [-0.3, -0.25) is 4.79 Å². The number of hydrogen-bond acceptors (Lipinski definition) is 2. The largest absolute Gasteiger partial charge is 0.370 e. The fraction of sp³-hybridized carbons (Fsp3) is 0.214. The normalized spacial score (nSPS) is 17.7. The summed E-state index contributed by atoms with van der Waals surface area (Å²) in [5, 5.41) is 0. The summed E-state index contributed by atoms with van der Waals surface area (Å²) in [5.41, 5.74) is 0.711. The molecule has 1 aliphatic rings. The van der Waals surface area contributed by atoms with E-state index in [4.69, 9.17) is 4.74 Å². The maximum Gasteiger partial charge on any atom is 0.178 e. The molecule has 0 N–H and O–H groups in total. The van der Waals surface area contributed by atoms with Crippen LogP contribution in [-0.2, 0) is 16.0 Å². The van der Waals surface area contributed by atoms with Gasteiger partial charge in [0.15, 0.2) is 5.78 Å². The van der Waals surface area contributed by atoms with Crippen LogP contribution < -0.4 is 0 Å². The van der Waals surface area contributed by atoms with Crippen molar-refractivity contribution >= 4 is 5.78 Å². The molecule has 16 heavy (non-hydrogen) atoms. The van der Waals surface area contributed by atoms with Crippen LogP contribution in [0.1, 0.15) is 5.56 Å². The van der Waals surface area contributed by atoms with Gasteiger partial charge in [-0.15, -0.1) is 0 Å². The summed E-state index contributed by atoms with van der Waals surface area (Å²) in [6, 6.07) is 10.1. The van der Waals surface area contributed by atoms with Crippen molar-refractivity contribution in [2.24, 2.45) is 0 Å². The minimum atomic E-state index is -0.477. The second-order valence-electron chi connectivity index (χ2n) is 3.89. The third kappa shape index (κ3) is 2.28. The Morgan fingerprint density at radius 3 is 2.31 bits per heavy atom. The number of carbonyl (C=O) groups is 1. The number of methoxy groups -OCH3 is 1. The van der Waals surface area contributed by atoms with E-state index in [0.717, 1.165) is 6.42 Å². The molecule has 0 bridgehead atoms. The summed E-state index contributed by atoms with van der Waals surface area (Å²) in [4.78, 5) is 11.1. The quantitative estimate of drug-likeness (QED) is 0.771. The second-order valence-corrected chi connectivity index (χ2v) is 3.89. The number of ketones is 1. The van der Waals surface area contributed by atoms with Crippen LogP contribution in [0.3, 0.4) is 0 Å². The van der Waals surface area contributed by atoms with Crippen LogP contribution in [0.25, 0.3) is 0 Å². The van der Waals surface area contributed by atoms with Gasteiger partial charge < -0.3 is 4.74 Å². The van der Waals surface area contributed by atoms with Gasteiger partial charge in [0.2, 0.25) is 0 Å². The highest BCUT2D eigenvalue weighted by atomic mass is 16.5. The minimum absolute atomic E-state index is 0.0146. The maximum atomic E-state index is 11.1. The first-order valence-corrected chi connectivity index (χ1v) is 5.26. The van der Waals surface area contributed by atoms with Crippen molar-refractivity contribution < 1.29 is 9.53 Å². The molecule has 1 aromatic rings. The molecule has 82 valence electrons. The van der Waals surface area contributed by atoms with Crippen molar-refractivity contribution in [3.05, 3.63) is 60.2 Å². The summed E-state index contributed by atoms with van der Waals surface area (Å²) in [6.45, 7) is 0. The molecule has 0 heterocycles. The molecule has 0 saturated heterocycles. The molecule has 1 aliphatic carbocycles. The fourth-order valence-corrected chi connectivity index (χ4v) is 1.80. The smallest absolute Gasteiger partial charge is 0.178 e. The molecule has 2 nitrogen and oxygen atoms in total. The lowest BCUT2D eigenvalue weighted by atomic mass is 9.90. The highest BCUT2D eigenvalue weighted by Crippen LogP contribution is 2.23. The Hall–Kier alpha value is -1.67. The van der Waals surface area contributed by atoms with E-state index in [-0.39, 0.29) is 5.78 Å². The van der Waals surface area contributed by atoms with Crippen molar-refractivity contribution in [2.75, 3.05) is 7.11 Å². The van der Waals surface area contributed by atoms with Crippen LogP contribution in [0.5, 0.6) is 0 Å². The van der Waals surface area contributed by atoms with Crippen molar-refractivity contribution in [1.29, 1.82) is 0 Å². The minimum Gasteiger partial charge on any atom is -0.370 e. The van der Waals surface area contributed by atoms with E-state index in [1.165, 1.54) is 5.56 Å². The first-order chi connectivity index (χ1) is 7.74. The molecule has 1 aromatic carbocycles. The van der Waals surface area contributed by atoms with Crippen molar-refractivity contribution in [3.63, 3.8) is 0 Å². The SMILES string of the molecule is COC1(Cc2ccccc2)C=CC(=O)C=C1. The van der Waals surface area contributed by atoms with Crippen LogP contribution in [-0.4, -0.2) is 18.5 Å². The summed E-state index contributed by atoms with van der Waals surface area (Å²) >= 11 is 0. The van der Waals surface area contributed by atoms with E-state index >= 15 is 0 Å². The number of rotatable bonds is 3. The van der Waals surface area contributed by atoms with Gasteiger partial charge in [-0.1, -0.05) is 30.3 Å². The summed E-state index contributed by atoms with van der Waals surface area (Å²) in [6.07, 6.45) is 7.51. The fourth-order valence-electron chi connectivity index (χ4n) is 1.80. The molecule has 0 atom stereocenters. The monoisotopic (exact) mass is 214 g/mol. The Bertz CT molecular complexity index is 413. The Kier molecular flexibility index (Phi) is 3.02. The third-order valence-corrected chi connectivity index (χ3v) is 2.76. The van der Waals surface area contributed by atoms with Crippen LogP contribution in [0, 0.1) is 0 Å². The zero-order valence-electron chi connectivity index (χ0n) is 9.22.